The SMILES string of the molecule is O=[N+]([O-])OC#CCO[N+](=O)[O-]. The molecule has 0 N–H and O–H groups in total. The quantitative estimate of drug-likeness (QED) is 0.310. The number of nitrogens with zero attached hydrogens (tertiary/aromatic N) is 2. The zero-order chi connectivity index (χ0) is 8.69. The van der Waals surface area contributed by atoms with Crippen LogP contribution in [0.1, 0.15) is 0 Å². The summed E-state index contributed by atoms with van der Waals surface area (Å²) in [5.41, 5.74) is 0. The third kappa shape index (κ3) is 7.96. The van der Waals surface area contributed by atoms with Crippen LogP contribution in [-0.4, -0.2) is 16.8 Å². The van der Waals surface area contributed by atoms with Gasteiger partial charge in [0.05, 0.1) is 0 Å². The van der Waals surface area contributed by atoms with Gasteiger partial charge in [0.15, 0.2) is 6.61 Å². The summed E-state index contributed by atoms with van der Waals surface area (Å²) in [6.07, 6.45) is 1.56. The molecule has 11 heavy (non-hydrogen) atoms. The van der Waals surface area contributed by atoms with E-state index in [9.17, 15) is 20.2 Å². The molecule has 8 nitrogen and oxygen atoms in total. The van der Waals surface area contributed by atoms with Gasteiger partial charge in [-0.15, -0.1) is 20.2 Å². The van der Waals surface area contributed by atoms with E-state index in [1.54, 1.807) is 6.11 Å². The minimum atomic E-state index is -1.14. The lowest BCUT2D eigenvalue weighted by molar-refractivity contribution is -0.754. The van der Waals surface area contributed by atoms with Crippen LogP contribution in [0.15, 0.2) is 0 Å². The second-order valence-electron chi connectivity index (χ2n) is 1.09. The van der Waals surface area contributed by atoms with Crippen LogP contribution < -0.4 is 0 Å². The zero-order valence-electron chi connectivity index (χ0n) is 5.05. The third-order valence-electron chi connectivity index (χ3n) is 0.434. The summed E-state index contributed by atoms with van der Waals surface area (Å²) in [4.78, 5) is 26.0. The molecule has 0 aliphatic heterocycles. The largest absolute Gasteiger partial charge is 0.308 e. The summed E-state index contributed by atoms with van der Waals surface area (Å²) < 4.78 is 0. The van der Waals surface area contributed by atoms with E-state index >= 15 is 0 Å². The smallest absolute Gasteiger partial charge is 0.301 e. The molecule has 0 radical (unpaired) electrons. The highest BCUT2D eigenvalue weighted by atomic mass is 17.0. The molecule has 0 spiro atoms. The molecule has 0 unspecified atom stereocenters. The van der Waals surface area contributed by atoms with Crippen molar-refractivity contribution in [2.75, 3.05) is 6.61 Å². The number of rotatable bonds is 3. The first-order valence-electron chi connectivity index (χ1n) is 2.19. The Morgan fingerprint density at radius 1 is 1.27 bits per heavy atom. The van der Waals surface area contributed by atoms with Gasteiger partial charge in [0.25, 0.3) is 5.09 Å². The van der Waals surface area contributed by atoms with Crippen LogP contribution in [-0.2, 0) is 9.68 Å². The standard InChI is InChI=1S/C3H2N2O6/c6-4(7)10-2-1-3-11-5(8)9/h2H2. The van der Waals surface area contributed by atoms with Gasteiger partial charge in [0.2, 0.25) is 0 Å². The van der Waals surface area contributed by atoms with Gasteiger partial charge < -0.3 is 4.84 Å². The molecule has 8 heteroatoms. The predicted octanol–water partition coefficient (Wildman–Crippen LogP) is -0.636. The Kier molecular flexibility index (Phi) is 3.91. The topological polar surface area (TPSA) is 105 Å². The molecule has 0 bridgehead atoms. The van der Waals surface area contributed by atoms with Gasteiger partial charge in [0, 0.05) is 0 Å². The molecule has 60 valence electrons. The van der Waals surface area contributed by atoms with E-state index in [1.807, 2.05) is 5.92 Å². The molecule has 0 amide bonds. The van der Waals surface area contributed by atoms with Crippen LogP contribution in [0, 0.1) is 32.3 Å². The van der Waals surface area contributed by atoms with Crippen molar-refractivity contribution in [3.63, 3.8) is 0 Å². The Bertz CT molecular complexity index is 214. The maximum Gasteiger partial charge on any atom is 0.308 e. The molecule has 0 aliphatic rings. The highest BCUT2D eigenvalue weighted by Crippen LogP contribution is 1.72. The van der Waals surface area contributed by atoms with E-state index in [0.29, 0.717) is 0 Å². The van der Waals surface area contributed by atoms with E-state index in [2.05, 4.69) is 9.68 Å². The average Bonchev–Trinajstić information content (AvgIpc) is 1.85. The molecule has 0 rings (SSSR count). The normalized spacial score (nSPS) is 7.27. The Morgan fingerprint density at radius 3 is 2.36 bits per heavy atom. The Labute approximate surface area is 59.9 Å². The lowest BCUT2D eigenvalue weighted by Crippen LogP contribution is -2.00. The molecule has 0 atom stereocenters. The Hall–Kier alpha value is -2.04. The van der Waals surface area contributed by atoms with Gasteiger partial charge in [-0.05, 0) is 5.92 Å². The molecule has 0 aliphatic carbocycles. The fourth-order valence-electron chi connectivity index (χ4n) is 0.184. The van der Waals surface area contributed by atoms with Crippen molar-refractivity contribution in [2.24, 2.45) is 0 Å². The van der Waals surface area contributed by atoms with Crippen molar-refractivity contribution >= 4 is 0 Å². The first-order valence-corrected chi connectivity index (χ1v) is 2.19. The monoisotopic (exact) mass is 162 g/mol. The van der Waals surface area contributed by atoms with Gasteiger partial charge >= 0.3 is 5.09 Å². The molecular weight excluding hydrogens is 160 g/mol. The molecule has 0 saturated carbocycles. The highest BCUT2D eigenvalue weighted by Gasteiger charge is 1.89. The van der Waals surface area contributed by atoms with Crippen molar-refractivity contribution < 1.29 is 19.8 Å². The molecule has 0 fully saturated rings. The second kappa shape index (κ2) is 4.80. The van der Waals surface area contributed by atoms with E-state index in [-0.39, 0.29) is 0 Å². The van der Waals surface area contributed by atoms with Gasteiger partial charge in [0.1, 0.15) is 6.11 Å². The molecule has 0 aromatic rings. The average molecular weight is 162 g/mol. The van der Waals surface area contributed by atoms with Gasteiger partial charge in [-0.1, -0.05) is 0 Å². The van der Waals surface area contributed by atoms with Gasteiger partial charge in [-0.25, -0.2) is 4.84 Å². The van der Waals surface area contributed by atoms with E-state index in [1.165, 1.54) is 0 Å². The highest BCUT2D eigenvalue weighted by molar-refractivity contribution is 4.89. The zero-order valence-corrected chi connectivity index (χ0v) is 5.05. The van der Waals surface area contributed by atoms with Crippen LogP contribution in [0.25, 0.3) is 0 Å². The van der Waals surface area contributed by atoms with Crippen molar-refractivity contribution in [1.82, 2.24) is 0 Å². The van der Waals surface area contributed by atoms with Crippen molar-refractivity contribution in [3.8, 4) is 12.0 Å². The molecular formula is C3H2N2O6. The van der Waals surface area contributed by atoms with Crippen molar-refractivity contribution in [1.29, 1.82) is 0 Å². The second-order valence-corrected chi connectivity index (χ2v) is 1.09. The van der Waals surface area contributed by atoms with Gasteiger partial charge in [-0.2, -0.15) is 0 Å². The lowest BCUT2D eigenvalue weighted by atomic mass is 10.8. The summed E-state index contributed by atoms with van der Waals surface area (Å²) in [6.45, 7) is -0.555. The van der Waals surface area contributed by atoms with Crippen LogP contribution in [0.4, 0.5) is 0 Å². The van der Waals surface area contributed by atoms with Crippen LogP contribution in [0.5, 0.6) is 0 Å². The number of hydrogen-bond donors (Lipinski definition) is 0. The molecule has 0 aromatic carbocycles. The molecule has 0 aromatic heterocycles. The summed E-state index contributed by atoms with van der Waals surface area (Å²) in [6, 6.07) is 0. The summed E-state index contributed by atoms with van der Waals surface area (Å²) in [5.74, 6) is 1.87. The summed E-state index contributed by atoms with van der Waals surface area (Å²) in [5, 5.41) is 16.6. The van der Waals surface area contributed by atoms with Gasteiger partial charge in [-0.3, -0.25) is 0 Å². The Morgan fingerprint density at radius 2 is 1.91 bits per heavy atom. The fourth-order valence-corrected chi connectivity index (χ4v) is 0.184. The third-order valence-corrected chi connectivity index (χ3v) is 0.434. The van der Waals surface area contributed by atoms with Crippen LogP contribution in [0.3, 0.4) is 0 Å². The Balaban J connectivity index is 3.41. The van der Waals surface area contributed by atoms with Crippen molar-refractivity contribution in [2.45, 2.75) is 0 Å². The van der Waals surface area contributed by atoms with E-state index < -0.39 is 16.8 Å². The van der Waals surface area contributed by atoms with Crippen molar-refractivity contribution in [3.05, 3.63) is 20.2 Å². The van der Waals surface area contributed by atoms with E-state index in [0.717, 1.165) is 0 Å². The predicted molar refractivity (Wildman–Crippen MR) is 28.8 cm³/mol. The lowest BCUT2D eigenvalue weighted by Gasteiger charge is -1.85. The minimum absolute atomic E-state index is 0.555. The maximum absolute atomic E-state index is 9.44. The first kappa shape index (κ1) is 8.96. The minimum Gasteiger partial charge on any atom is -0.301 e. The number of hydrogen-bond acceptors (Lipinski definition) is 6. The van der Waals surface area contributed by atoms with E-state index in [4.69, 9.17) is 0 Å². The van der Waals surface area contributed by atoms with Crippen LogP contribution >= 0.6 is 0 Å². The van der Waals surface area contributed by atoms with Crippen LogP contribution in [0.2, 0.25) is 0 Å². The fraction of sp³-hybridized carbons (Fsp3) is 0.333. The molecule has 0 saturated heterocycles. The maximum atomic E-state index is 9.44. The summed E-state index contributed by atoms with van der Waals surface area (Å²) >= 11 is 0. The first-order chi connectivity index (χ1) is 5.13. The summed E-state index contributed by atoms with van der Waals surface area (Å²) in [7, 11) is 0. The molecule has 0 heterocycles.